The molecule has 0 aromatic heterocycles. The van der Waals surface area contributed by atoms with Gasteiger partial charge in [-0.05, 0) is 67.9 Å². The van der Waals surface area contributed by atoms with E-state index in [-0.39, 0.29) is 0 Å². The molecule has 2 heteroatoms. The Labute approximate surface area is 109 Å². The fraction of sp³-hybridized carbons (Fsp3) is 0.600. The second-order valence-corrected chi connectivity index (χ2v) is 5.84. The van der Waals surface area contributed by atoms with Crippen LogP contribution in [0.4, 0.5) is 0 Å². The second kappa shape index (κ2) is 6.46. The third-order valence-corrected chi connectivity index (χ3v) is 4.38. The van der Waals surface area contributed by atoms with Gasteiger partial charge in [0, 0.05) is 6.04 Å². The molecule has 0 bridgehead atoms. The van der Waals surface area contributed by atoms with Crippen LogP contribution in [0.15, 0.2) is 18.2 Å². The maximum atomic E-state index is 3.45. The minimum atomic E-state index is 0.523. The van der Waals surface area contributed by atoms with E-state index in [0.29, 0.717) is 6.04 Å². The second-order valence-electron chi connectivity index (χ2n) is 4.86. The summed E-state index contributed by atoms with van der Waals surface area (Å²) in [5, 5.41) is 3.45. The molecule has 1 aliphatic rings. The molecule has 0 spiro atoms. The number of hydrogen-bond acceptors (Lipinski definition) is 2. The first-order valence-electron chi connectivity index (χ1n) is 6.63. The maximum Gasteiger partial charge on any atom is 0.0325 e. The molecule has 0 aliphatic heterocycles. The van der Waals surface area contributed by atoms with E-state index < -0.39 is 0 Å². The van der Waals surface area contributed by atoms with E-state index in [4.69, 9.17) is 0 Å². The van der Waals surface area contributed by atoms with Crippen LogP contribution >= 0.6 is 11.8 Å². The lowest BCUT2D eigenvalue weighted by atomic mass is 9.89. The summed E-state index contributed by atoms with van der Waals surface area (Å²) in [5.41, 5.74) is 4.65. The predicted octanol–water partition coefficient (Wildman–Crippen LogP) is 3.58. The summed E-state index contributed by atoms with van der Waals surface area (Å²) in [6.07, 6.45) is 8.70. The highest BCUT2D eigenvalue weighted by atomic mass is 32.2. The maximum absolute atomic E-state index is 3.45. The van der Waals surface area contributed by atoms with Gasteiger partial charge in [0.25, 0.3) is 0 Å². The summed E-state index contributed by atoms with van der Waals surface area (Å²) >= 11 is 1.93. The Morgan fingerprint density at radius 1 is 1.24 bits per heavy atom. The van der Waals surface area contributed by atoms with Crippen LogP contribution < -0.4 is 5.32 Å². The third-order valence-electron chi connectivity index (χ3n) is 3.73. The highest BCUT2D eigenvalue weighted by molar-refractivity contribution is 7.98. The zero-order valence-corrected chi connectivity index (χ0v) is 11.8. The normalized spacial score (nSPS) is 16.6. The van der Waals surface area contributed by atoms with Gasteiger partial charge in [-0.25, -0.2) is 0 Å². The van der Waals surface area contributed by atoms with Crippen LogP contribution in [0.3, 0.4) is 0 Å². The average molecular weight is 249 g/mol. The molecule has 0 fully saturated rings. The Hall–Kier alpha value is -0.470. The Kier molecular flexibility index (Phi) is 4.93. The van der Waals surface area contributed by atoms with Crippen molar-refractivity contribution in [3.05, 3.63) is 34.9 Å². The van der Waals surface area contributed by atoms with E-state index in [2.05, 4.69) is 36.8 Å². The van der Waals surface area contributed by atoms with Crippen molar-refractivity contribution in [2.75, 3.05) is 19.1 Å². The molecule has 1 aliphatic carbocycles. The Bertz CT molecular complexity index is 362. The predicted molar refractivity (Wildman–Crippen MR) is 77.9 cm³/mol. The molecule has 1 nitrogen and oxygen atoms in total. The van der Waals surface area contributed by atoms with Crippen molar-refractivity contribution in [2.24, 2.45) is 0 Å². The van der Waals surface area contributed by atoms with Gasteiger partial charge < -0.3 is 5.32 Å². The summed E-state index contributed by atoms with van der Waals surface area (Å²) in [6, 6.07) is 7.64. The number of aryl methyl sites for hydroxylation is 2. The number of hydrogen-bond donors (Lipinski definition) is 1. The van der Waals surface area contributed by atoms with Crippen LogP contribution in [0.2, 0.25) is 0 Å². The molecule has 1 N–H and O–H groups in total. The SMILES string of the molecule is CNC(CCSC)c1ccc2c(c1)CCCC2. The quantitative estimate of drug-likeness (QED) is 0.856. The van der Waals surface area contributed by atoms with Gasteiger partial charge in [0.1, 0.15) is 0 Å². The topological polar surface area (TPSA) is 12.0 Å². The molecule has 1 unspecified atom stereocenters. The standard InChI is InChI=1S/C15H23NS/c1-16-15(9-10-17-2)14-8-7-12-5-3-4-6-13(12)11-14/h7-8,11,15-16H,3-6,9-10H2,1-2H3. The molecule has 94 valence electrons. The van der Waals surface area contributed by atoms with Gasteiger partial charge >= 0.3 is 0 Å². The van der Waals surface area contributed by atoms with Crippen molar-refractivity contribution in [2.45, 2.75) is 38.1 Å². The Morgan fingerprint density at radius 2 is 2.00 bits per heavy atom. The van der Waals surface area contributed by atoms with Gasteiger partial charge in [0.2, 0.25) is 0 Å². The van der Waals surface area contributed by atoms with Crippen molar-refractivity contribution >= 4 is 11.8 Å². The average Bonchev–Trinajstić information content (AvgIpc) is 2.39. The monoisotopic (exact) mass is 249 g/mol. The summed E-state index contributed by atoms with van der Waals surface area (Å²) in [5.74, 6) is 1.22. The van der Waals surface area contributed by atoms with Gasteiger partial charge in [0.15, 0.2) is 0 Å². The molecule has 1 atom stereocenters. The number of nitrogens with one attached hydrogen (secondary N) is 1. The largest absolute Gasteiger partial charge is 0.313 e. The Morgan fingerprint density at radius 3 is 2.71 bits per heavy atom. The smallest absolute Gasteiger partial charge is 0.0325 e. The molecule has 2 rings (SSSR count). The van der Waals surface area contributed by atoms with Crippen molar-refractivity contribution in [1.29, 1.82) is 0 Å². The third kappa shape index (κ3) is 3.26. The lowest BCUT2D eigenvalue weighted by molar-refractivity contribution is 0.578. The van der Waals surface area contributed by atoms with Crippen molar-refractivity contribution in [3.63, 3.8) is 0 Å². The first-order valence-corrected chi connectivity index (χ1v) is 8.02. The van der Waals surface area contributed by atoms with Gasteiger partial charge in [0.05, 0.1) is 0 Å². The zero-order chi connectivity index (χ0) is 12.1. The van der Waals surface area contributed by atoms with Gasteiger partial charge in [-0.15, -0.1) is 0 Å². The van der Waals surface area contributed by atoms with E-state index in [1.54, 1.807) is 11.1 Å². The van der Waals surface area contributed by atoms with E-state index >= 15 is 0 Å². The molecule has 0 radical (unpaired) electrons. The Balaban J connectivity index is 2.13. The molecule has 1 aromatic carbocycles. The van der Waals surface area contributed by atoms with Gasteiger partial charge in [-0.1, -0.05) is 18.2 Å². The molecule has 0 saturated heterocycles. The minimum absolute atomic E-state index is 0.523. The molecule has 0 amide bonds. The first kappa shape index (κ1) is 13.0. The van der Waals surface area contributed by atoms with Crippen molar-refractivity contribution < 1.29 is 0 Å². The van der Waals surface area contributed by atoms with E-state index in [1.165, 1.54) is 43.4 Å². The molecule has 1 aromatic rings. The van der Waals surface area contributed by atoms with Crippen LogP contribution in [0, 0.1) is 0 Å². The highest BCUT2D eigenvalue weighted by Crippen LogP contribution is 2.26. The summed E-state index contributed by atoms with van der Waals surface area (Å²) < 4.78 is 0. The fourth-order valence-corrected chi connectivity index (χ4v) is 3.15. The lowest BCUT2D eigenvalue weighted by Gasteiger charge is -2.21. The zero-order valence-electron chi connectivity index (χ0n) is 11.0. The fourth-order valence-electron chi connectivity index (χ4n) is 2.68. The first-order chi connectivity index (χ1) is 8.35. The van der Waals surface area contributed by atoms with Crippen molar-refractivity contribution in [3.8, 4) is 0 Å². The molecule has 17 heavy (non-hydrogen) atoms. The van der Waals surface area contributed by atoms with Gasteiger partial charge in [-0.2, -0.15) is 11.8 Å². The molecular formula is C15H23NS. The van der Waals surface area contributed by atoms with Crippen LogP contribution in [0.1, 0.15) is 42.0 Å². The van der Waals surface area contributed by atoms with Crippen LogP contribution in [0.25, 0.3) is 0 Å². The highest BCUT2D eigenvalue weighted by Gasteiger charge is 2.13. The number of benzene rings is 1. The number of fused-ring (bicyclic) bond motifs is 1. The lowest BCUT2D eigenvalue weighted by Crippen LogP contribution is -2.18. The van der Waals surface area contributed by atoms with Crippen LogP contribution in [0.5, 0.6) is 0 Å². The number of thioether (sulfide) groups is 1. The van der Waals surface area contributed by atoms with Crippen LogP contribution in [-0.4, -0.2) is 19.1 Å². The minimum Gasteiger partial charge on any atom is -0.313 e. The number of rotatable bonds is 5. The van der Waals surface area contributed by atoms with Crippen LogP contribution in [-0.2, 0) is 12.8 Å². The van der Waals surface area contributed by atoms with E-state index in [0.717, 1.165) is 0 Å². The van der Waals surface area contributed by atoms with E-state index in [1.807, 2.05) is 11.8 Å². The molecular weight excluding hydrogens is 226 g/mol. The van der Waals surface area contributed by atoms with E-state index in [9.17, 15) is 0 Å². The van der Waals surface area contributed by atoms with Gasteiger partial charge in [-0.3, -0.25) is 0 Å². The summed E-state index contributed by atoms with van der Waals surface area (Å²) in [7, 11) is 2.07. The van der Waals surface area contributed by atoms with Crippen molar-refractivity contribution in [1.82, 2.24) is 5.32 Å². The molecule has 0 saturated carbocycles. The summed E-state index contributed by atoms with van der Waals surface area (Å²) in [6.45, 7) is 0. The summed E-state index contributed by atoms with van der Waals surface area (Å²) in [4.78, 5) is 0. The molecule has 0 heterocycles.